The highest BCUT2D eigenvalue weighted by atomic mass is 35.5. The summed E-state index contributed by atoms with van der Waals surface area (Å²) in [5.74, 6) is 0.153. The van der Waals surface area contributed by atoms with Gasteiger partial charge in [-0.25, -0.2) is 14.2 Å². The lowest BCUT2D eigenvalue weighted by Gasteiger charge is -2.20. The van der Waals surface area contributed by atoms with Gasteiger partial charge in [-0.05, 0) is 30.2 Å². The summed E-state index contributed by atoms with van der Waals surface area (Å²) in [6.07, 6.45) is 4.03. The Hall–Kier alpha value is -2.86. The van der Waals surface area contributed by atoms with Crippen LogP contribution >= 0.6 is 11.6 Å². The summed E-state index contributed by atoms with van der Waals surface area (Å²) in [4.78, 5) is 16.7. The molecule has 2 aromatic carbocycles. The molecule has 0 bridgehead atoms. The molecule has 0 spiro atoms. The van der Waals surface area contributed by atoms with E-state index in [1.807, 2.05) is 24.3 Å². The van der Waals surface area contributed by atoms with Crippen LogP contribution in [0.15, 0.2) is 60.9 Å². The maximum Gasteiger partial charge on any atom is 0.315 e. The van der Waals surface area contributed by atoms with Gasteiger partial charge in [0.05, 0.1) is 0 Å². The molecule has 1 atom stereocenters. The number of aromatic nitrogens is 2. The molecule has 0 aliphatic heterocycles. The molecule has 3 rings (SSSR count). The zero-order valence-electron chi connectivity index (χ0n) is 14.8. The molecule has 0 saturated heterocycles. The fourth-order valence-electron chi connectivity index (χ4n) is 2.80. The van der Waals surface area contributed by atoms with Gasteiger partial charge in [-0.1, -0.05) is 41.9 Å². The number of carbonyl (C=O) groups is 1. The SMILES string of the molecule is Cn1ccnc1[C@@H](NC(=O)NCCc1ccc(Cl)cc1)c1ccccc1F. The van der Waals surface area contributed by atoms with Gasteiger partial charge in [0, 0.05) is 36.6 Å². The Morgan fingerprint density at radius 2 is 1.96 bits per heavy atom. The Bertz CT molecular complexity index is 910. The summed E-state index contributed by atoms with van der Waals surface area (Å²) < 4.78 is 16.1. The van der Waals surface area contributed by atoms with Crippen molar-refractivity contribution in [3.63, 3.8) is 0 Å². The van der Waals surface area contributed by atoms with Crippen LogP contribution < -0.4 is 10.6 Å². The number of carbonyl (C=O) groups excluding carboxylic acids is 1. The zero-order valence-corrected chi connectivity index (χ0v) is 15.6. The van der Waals surface area contributed by atoms with Crippen molar-refractivity contribution in [2.45, 2.75) is 12.5 Å². The van der Waals surface area contributed by atoms with Gasteiger partial charge in [-0.2, -0.15) is 0 Å². The molecule has 0 unspecified atom stereocenters. The monoisotopic (exact) mass is 386 g/mol. The minimum absolute atomic E-state index is 0.361. The first-order valence-corrected chi connectivity index (χ1v) is 8.93. The molecule has 1 heterocycles. The molecule has 1 aromatic heterocycles. The van der Waals surface area contributed by atoms with Crippen LogP contribution in [0.4, 0.5) is 9.18 Å². The number of hydrogen-bond donors (Lipinski definition) is 2. The lowest BCUT2D eigenvalue weighted by Crippen LogP contribution is -2.40. The average Bonchev–Trinajstić information content (AvgIpc) is 3.08. The molecule has 140 valence electrons. The summed E-state index contributed by atoms with van der Waals surface area (Å²) in [7, 11) is 1.80. The predicted octanol–water partition coefficient (Wildman–Crippen LogP) is 3.84. The van der Waals surface area contributed by atoms with E-state index < -0.39 is 11.9 Å². The fourth-order valence-corrected chi connectivity index (χ4v) is 2.93. The van der Waals surface area contributed by atoms with Crippen molar-refractivity contribution in [3.8, 4) is 0 Å². The van der Waals surface area contributed by atoms with E-state index in [1.54, 1.807) is 42.2 Å². The molecular weight excluding hydrogens is 367 g/mol. The Morgan fingerprint density at radius 1 is 1.22 bits per heavy atom. The zero-order chi connectivity index (χ0) is 19.2. The van der Waals surface area contributed by atoms with Crippen LogP contribution in [0, 0.1) is 5.82 Å². The Labute approximate surface area is 162 Å². The molecule has 7 heteroatoms. The molecule has 0 aliphatic rings. The smallest absolute Gasteiger partial charge is 0.315 e. The van der Waals surface area contributed by atoms with Crippen LogP contribution in [0.25, 0.3) is 0 Å². The quantitative estimate of drug-likeness (QED) is 0.676. The highest BCUT2D eigenvalue weighted by Crippen LogP contribution is 2.22. The van der Waals surface area contributed by atoms with E-state index in [0.717, 1.165) is 5.56 Å². The van der Waals surface area contributed by atoms with E-state index in [9.17, 15) is 9.18 Å². The molecule has 0 aliphatic carbocycles. The van der Waals surface area contributed by atoms with Crippen LogP contribution in [-0.4, -0.2) is 22.1 Å². The normalized spacial score (nSPS) is 11.8. The maximum atomic E-state index is 14.3. The van der Waals surface area contributed by atoms with Crippen LogP contribution in [-0.2, 0) is 13.5 Å². The van der Waals surface area contributed by atoms with E-state index in [1.165, 1.54) is 6.07 Å². The van der Waals surface area contributed by atoms with Gasteiger partial charge in [0.25, 0.3) is 0 Å². The van der Waals surface area contributed by atoms with Gasteiger partial charge in [-0.15, -0.1) is 0 Å². The second-order valence-electron chi connectivity index (χ2n) is 6.13. The van der Waals surface area contributed by atoms with Crippen molar-refractivity contribution in [2.75, 3.05) is 6.54 Å². The average molecular weight is 387 g/mol. The topological polar surface area (TPSA) is 59.0 Å². The van der Waals surface area contributed by atoms with Crippen molar-refractivity contribution in [1.82, 2.24) is 20.2 Å². The number of amides is 2. The number of halogens is 2. The van der Waals surface area contributed by atoms with Crippen molar-refractivity contribution < 1.29 is 9.18 Å². The molecule has 5 nitrogen and oxygen atoms in total. The highest BCUT2D eigenvalue weighted by molar-refractivity contribution is 6.30. The fraction of sp³-hybridized carbons (Fsp3) is 0.200. The minimum Gasteiger partial charge on any atom is -0.338 e. The van der Waals surface area contributed by atoms with Gasteiger partial charge in [0.2, 0.25) is 0 Å². The number of benzene rings is 2. The summed E-state index contributed by atoms with van der Waals surface area (Å²) in [5, 5.41) is 6.30. The number of nitrogens with zero attached hydrogens (tertiary/aromatic N) is 2. The number of hydrogen-bond acceptors (Lipinski definition) is 2. The number of rotatable bonds is 6. The van der Waals surface area contributed by atoms with Crippen molar-refractivity contribution in [1.29, 1.82) is 0 Å². The lowest BCUT2D eigenvalue weighted by molar-refractivity contribution is 0.238. The summed E-state index contributed by atoms with van der Waals surface area (Å²) in [6, 6.07) is 12.7. The van der Waals surface area contributed by atoms with Crippen LogP contribution in [0.1, 0.15) is 23.0 Å². The maximum absolute atomic E-state index is 14.3. The first-order chi connectivity index (χ1) is 13.0. The molecule has 27 heavy (non-hydrogen) atoms. The third-order valence-corrected chi connectivity index (χ3v) is 4.47. The van der Waals surface area contributed by atoms with Crippen molar-refractivity contribution >= 4 is 17.6 Å². The van der Waals surface area contributed by atoms with E-state index >= 15 is 0 Å². The summed E-state index contributed by atoms with van der Waals surface area (Å²) in [5.41, 5.74) is 1.43. The minimum atomic E-state index is -0.693. The lowest BCUT2D eigenvalue weighted by atomic mass is 10.1. The second-order valence-corrected chi connectivity index (χ2v) is 6.56. The number of imidazole rings is 1. The number of nitrogens with one attached hydrogen (secondary N) is 2. The van der Waals surface area contributed by atoms with Gasteiger partial charge >= 0.3 is 6.03 Å². The third-order valence-electron chi connectivity index (χ3n) is 4.22. The first-order valence-electron chi connectivity index (χ1n) is 8.55. The van der Waals surface area contributed by atoms with E-state index in [2.05, 4.69) is 15.6 Å². The summed E-state index contributed by atoms with van der Waals surface area (Å²) >= 11 is 5.87. The molecule has 0 fully saturated rings. The summed E-state index contributed by atoms with van der Waals surface area (Å²) in [6.45, 7) is 0.442. The van der Waals surface area contributed by atoms with Crippen LogP contribution in [0.2, 0.25) is 5.02 Å². The highest BCUT2D eigenvalue weighted by Gasteiger charge is 2.23. The van der Waals surface area contributed by atoms with Gasteiger partial charge in [0.1, 0.15) is 17.7 Å². The van der Waals surface area contributed by atoms with Gasteiger partial charge in [-0.3, -0.25) is 0 Å². The molecule has 0 radical (unpaired) electrons. The Balaban J connectivity index is 1.67. The largest absolute Gasteiger partial charge is 0.338 e. The Morgan fingerprint density at radius 3 is 2.63 bits per heavy atom. The molecular formula is C20H20ClFN4O. The molecule has 0 saturated carbocycles. The third kappa shape index (κ3) is 4.86. The first kappa shape index (κ1) is 18.9. The van der Waals surface area contributed by atoms with E-state index in [4.69, 9.17) is 11.6 Å². The Kier molecular flexibility index (Phi) is 6.08. The van der Waals surface area contributed by atoms with E-state index in [0.29, 0.717) is 29.4 Å². The number of urea groups is 1. The van der Waals surface area contributed by atoms with Crippen molar-refractivity contribution in [3.05, 3.63) is 88.7 Å². The number of aryl methyl sites for hydroxylation is 1. The standard InChI is InChI=1S/C20H20ClFN4O/c1-26-13-12-23-19(26)18(16-4-2-3-5-17(16)22)25-20(27)24-11-10-14-6-8-15(21)9-7-14/h2-9,12-13,18H,10-11H2,1H3,(H2,24,25,27)/t18-/m0/s1. The van der Waals surface area contributed by atoms with Gasteiger partial charge in [0.15, 0.2) is 0 Å². The predicted molar refractivity (Wildman–Crippen MR) is 103 cm³/mol. The van der Waals surface area contributed by atoms with Crippen LogP contribution in [0.3, 0.4) is 0 Å². The molecule has 3 aromatic rings. The van der Waals surface area contributed by atoms with Crippen LogP contribution in [0.5, 0.6) is 0 Å². The van der Waals surface area contributed by atoms with E-state index in [-0.39, 0.29) is 6.03 Å². The van der Waals surface area contributed by atoms with Crippen molar-refractivity contribution in [2.24, 2.45) is 7.05 Å². The molecule has 2 N–H and O–H groups in total. The second kappa shape index (κ2) is 8.68. The molecule has 2 amide bonds. The van der Waals surface area contributed by atoms with Gasteiger partial charge < -0.3 is 15.2 Å².